The van der Waals surface area contributed by atoms with E-state index < -0.39 is 12.2 Å². The van der Waals surface area contributed by atoms with E-state index in [0.717, 1.165) is 11.3 Å². The van der Waals surface area contributed by atoms with Gasteiger partial charge >= 0.3 is 6.18 Å². The van der Waals surface area contributed by atoms with Crippen LogP contribution in [0.1, 0.15) is 10.9 Å². The standard InChI is InChI=1S/C7H8F3NOS/c1-12-5-3-2-4(13-5)6(11)7(8,9)10/h2-3,6H,11H2,1H3/t6-/m1/s1. The lowest BCUT2D eigenvalue weighted by molar-refractivity contribution is -0.148. The Morgan fingerprint density at radius 3 is 2.46 bits per heavy atom. The average molecular weight is 211 g/mol. The van der Waals surface area contributed by atoms with Crippen LogP contribution in [0.3, 0.4) is 0 Å². The van der Waals surface area contributed by atoms with Gasteiger partial charge in [-0.1, -0.05) is 0 Å². The highest BCUT2D eigenvalue weighted by molar-refractivity contribution is 7.13. The van der Waals surface area contributed by atoms with Crippen LogP contribution in [0.4, 0.5) is 13.2 Å². The molecule has 0 unspecified atom stereocenters. The molecule has 1 atom stereocenters. The number of ether oxygens (including phenoxy) is 1. The maximum Gasteiger partial charge on any atom is 0.408 e. The van der Waals surface area contributed by atoms with Gasteiger partial charge in [-0.3, -0.25) is 0 Å². The fourth-order valence-corrected chi connectivity index (χ4v) is 1.62. The number of hydrogen-bond acceptors (Lipinski definition) is 3. The third-order valence-electron chi connectivity index (χ3n) is 1.46. The summed E-state index contributed by atoms with van der Waals surface area (Å²) in [7, 11) is 1.40. The van der Waals surface area contributed by atoms with Crippen molar-refractivity contribution < 1.29 is 17.9 Å². The largest absolute Gasteiger partial charge is 0.487 e. The van der Waals surface area contributed by atoms with E-state index in [1.54, 1.807) is 0 Å². The van der Waals surface area contributed by atoms with Crippen molar-refractivity contribution in [2.24, 2.45) is 5.73 Å². The van der Waals surface area contributed by atoms with Crippen molar-refractivity contribution in [3.8, 4) is 5.06 Å². The Balaban J connectivity index is 2.83. The molecule has 1 rings (SSSR count). The molecule has 0 radical (unpaired) electrons. The van der Waals surface area contributed by atoms with Crippen molar-refractivity contribution in [1.29, 1.82) is 0 Å². The van der Waals surface area contributed by atoms with Gasteiger partial charge in [0.1, 0.15) is 6.04 Å². The Hall–Kier alpha value is -0.750. The van der Waals surface area contributed by atoms with Crippen LogP contribution in [0.5, 0.6) is 5.06 Å². The van der Waals surface area contributed by atoms with E-state index in [1.165, 1.54) is 19.2 Å². The maximum atomic E-state index is 12.1. The van der Waals surface area contributed by atoms with Gasteiger partial charge in [0.2, 0.25) is 0 Å². The first kappa shape index (κ1) is 10.3. The van der Waals surface area contributed by atoms with Gasteiger partial charge in [0.05, 0.1) is 7.11 Å². The molecule has 0 saturated carbocycles. The summed E-state index contributed by atoms with van der Waals surface area (Å²) < 4.78 is 41.0. The Morgan fingerprint density at radius 2 is 2.08 bits per heavy atom. The molecule has 0 saturated heterocycles. The Bertz CT molecular complexity index is 284. The molecule has 0 spiro atoms. The second kappa shape index (κ2) is 3.55. The highest BCUT2D eigenvalue weighted by atomic mass is 32.1. The zero-order chi connectivity index (χ0) is 10.1. The fourth-order valence-electron chi connectivity index (χ4n) is 0.773. The molecule has 0 aliphatic heterocycles. The normalized spacial score (nSPS) is 14.2. The van der Waals surface area contributed by atoms with Crippen LogP contribution in [0.15, 0.2) is 12.1 Å². The van der Waals surface area contributed by atoms with Gasteiger partial charge in [0, 0.05) is 4.88 Å². The van der Waals surface area contributed by atoms with Gasteiger partial charge in [-0.25, -0.2) is 0 Å². The quantitative estimate of drug-likeness (QED) is 0.814. The highest BCUT2D eigenvalue weighted by Gasteiger charge is 2.38. The van der Waals surface area contributed by atoms with Gasteiger partial charge in [-0.2, -0.15) is 13.2 Å². The molecule has 1 aromatic heterocycles. The van der Waals surface area contributed by atoms with E-state index >= 15 is 0 Å². The highest BCUT2D eigenvalue weighted by Crippen LogP contribution is 2.36. The summed E-state index contributed by atoms with van der Waals surface area (Å²) in [5.74, 6) is 0. The third-order valence-corrected chi connectivity index (χ3v) is 2.59. The zero-order valence-electron chi connectivity index (χ0n) is 6.76. The summed E-state index contributed by atoms with van der Waals surface area (Å²) in [5.41, 5.74) is 4.97. The topological polar surface area (TPSA) is 35.2 Å². The number of hydrogen-bond donors (Lipinski definition) is 1. The fraction of sp³-hybridized carbons (Fsp3) is 0.429. The molecule has 6 heteroatoms. The van der Waals surface area contributed by atoms with Crippen LogP contribution in [-0.2, 0) is 0 Å². The number of halogens is 3. The molecule has 74 valence electrons. The minimum absolute atomic E-state index is 0.0596. The lowest BCUT2D eigenvalue weighted by atomic mass is 10.2. The molecule has 0 aliphatic carbocycles. The average Bonchev–Trinajstić information content (AvgIpc) is 2.48. The zero-order valence-corrected chi connectivity index (χ0v) is 7.58. The van der Waals surface area contributed by atoms with E-state index in [-0.39, 0.29) is 4.88 Å². The van der Waals surface area contributed by atoms with Crippen LogP contribution >= 0.6 is 11.3 Å². The molecule has 2 N–H and O–H groups in total. The van der Waals surface area contributed by atoms with E-state index in [1.807, 2.05) is 0 Å². The number of alkyl halides is 3. The first-order chi connectivity index (χ1) is 5.95. The van der Waals surface area contributed by atoms with E-state index in [4.69, 9.17) is 10.5 Å². The smallest absolute Gasteiger partial charge is 0.408 e. The molecular weight excluding hydrogens is 203 g/mol. The van der Waals surface area contributed by atoms with Crippen molar-refractivity contribution in [3.63, 3.8) is 0 Å². The minimum Gasteiger partial charge on any atom is -0.487 e. The van der Waals surface area contributed by atoms with Crippen molar-refractivity contribution in [3.05, 3.63) is 17.0 Å². The van der Waals surface area contributed by atoms with E-state index in [9.17, 15) is 13.2 Å². The van der Waals surface area contributed by atoms with Gasteiger partial charge in [0.25, 0.3) is 0 Å². The number of methoxy groups -OCH3 is 1. The summed E-state index contributed by atoms with van der Waals surface area (Å²) in [6.07, 6.45) is -4.39. The van der Waals surface area contributed by atoms with E-state index in [2.05, 4.69) is 0 Å². The minimum atomic E-state index is -4.39. The summed E-state index contributed by atoms with van der Waals surface area (Å²) in [6.45, 7) is 0. The summed E-state index contributed by atoms with van der Waals surface area (Å²) >= 11 is 0.901. The molecule has 1 heterocycles. The summed E-state index contributed by atoms with van der Waals surface area (Å²) in [6, 6.07) is 0.870. The monoisotopic (exact) mass is 211 g/mol. The molecule has 0 aliphatic rings. The van der Waals surface area contributed by atoms with Crippen LogP contribution in [-0.4, -0.2) is 13.3 Å². The maximum absolute atomic E-state index is 12.1. The van der Waals surface area contributed by atoms with Crippen molar-refractivity contribution in [2.45, 2.75) is 12.2 Å². The predicted molar refractivity (Wildman–Crippen MR) is 43.9 cm³/mol. The molecule has 0 aromatic carbocycles. The Kier molecular flexibility index (Phi) is 2.82. The first-order valence-corrected chi connectivity index (χ1v) is 4.23. The van der Waals surface area contributed by atoms with Crippen molar-refractivity contribution in [2.75, 3.05) is 7.11 Å². The van der Waals surface area contributed by atoms with Gasteiger partial charge < -0.3 is 10.5 Å². The Morgan fingerprint density at radius 1 is 1.46 bits per heavy atom. The lowest BCUT2D eigenvalue weighted by Crippen LogP contribution is -2.27. The number of rotatable bonds is 2. The molecule has 13 heavy (non-hydrogen) atoms. The molecule has 0 bridgehead atoms. The van der Waals surface area contributed by atoms with Crippen LogP contribution in [0.2, 0.25) is 0 Å². The van der Waals surface area contributed by atoms with Gasteiger partial charge in [-0.05, 0) is 12.1 Å². The van der Waals surface area contributed by atoms with Crippen LogP contribution in [0.25, 0.3) is 0 Å². The molecule has 0 amide bonds. The second-order valence-electron chi connectivity index (χ2n) is 2.38. The van der Waals surface area contributed by atoms with Crippen LogP contribution in [0, 0.1) is 0 Å². The van der Waals surface area contributed by atoms with E-state index in [0.29, 0.717) is 5.06 Å². The number of thiophene rings is 1. The lowest BCUT2D eigenvalue weighted by Gasteiger charge is -2.12. The molecular formula is C7H8F3NOS. The van der Waals surface area contributed by atoms with Crippen molar-refractivity contribution in [1.82, 2.24) is 0 Å². The Labute approximate surface area is 77.1 Å². The second-order valence-corrected chi connectivity index (χ2v) is 3.46. The SMILES string of the molecule is COc1ccc([C@@H](N)C(F)(F)F)s1. The number of nitrogens with two attached hydrogens (primary N) is 1. The predicted octanol–water partition coefficient (Wildman–Crippen LogP) is 2.32. The first-order valence-electron chi connectivity index (χ1n) is 3.41. The molecule has 1 aromatic rings. The van der Waals surface area contributed by atoms with Gasteiger partial charge in [0.15, 0.2) is 5.06 Å². The third kappa shape index (κ3) is 2.35. The molecule has 0 fully saturated rings. The van der Waals surface area contributed by atoms with Crippen molar-refractivity contribution >= 4 is 11.3 Å². The molecule has 2 nitrogen and oxygen atoms in total. The summed E-state index contributed by atoms with van der Waals surface area (Å²) in [4.78, 5) is 0.0596. The van der Waals surface area contributed by atoms with Crippen LogP contribution < -0.4 is 10.5 Å². The summed E-state index contributed by atoms with van der Waals surface area (Å²) in [5, 5.41) is 0.426. The van der Waals surface area contributed by atoms with Gasteiger partial charge in [-0.15, -0.1) is 11.3 Å².